The number of halogens is 1. The standard InChI is InChI=1S/C11H12N2O2.ClH/c1-2-4-10-9(3-1)13-11(15-10)14-8-5-6-12-7-8;/h1-4,8,12H,5-7H2;1H/t8-;/m1./s1. The van der Waals surface area contributed by atoms with E-state index in [1.165, 1.54) is 0 Å². The SMILES string of the molecule is Cl.c1ccc2oc(O[C@@H]3CCNC3)nc2c1. The molecule has 0 radical (unpaired) electrons. The number of oxazole rings is 1. The Morgan fingerprint density at radius 3 is 3.00 bits per heavy atom. The number of hydrogen-bond donors (Lipinski definition) is 1. The molecule has 86 valence electrons. The van der Waals surface area contributed by atoms with Crippen molar-refractivity contribution in [1.29, 1.82) is 0 Å². The second-order valence-corrected chi connectivity index (χ2v) is 3.68. The van der Waals surface area contributed by atoms with E-state index in [0.717, 1.165) is 30.6 Å². The van der Waals surface area contributed by atoms with Crippen LogP contribution in [0.2, 0.25) is 0 Å². The van der Waals surface area contributed by atoms with Gasteiger partial charge in [0.25, 0.3) is 0 Å². The van der Waals surface area contributed by atoms with Gasteiger partial charge in [0.05, 0.1) is 0 Å². The van der Waals surface area contributed by atoms with Crippen LogP contribution in [0.5, 0.6) is 6.08 Å². The van der Waals surface area contributed by atoms with E-state index in [1.54, 1.807) is 0 Å². The van der Waals surface area contributed by atoms with Crippen molar-refractivity contribution in [3.05, 3.63) is 24.3 Å². The molecule has 2 heterocycles. The van der Waals surface area contributed by atoms with E-state index in [1.807, 2.05) is 24.3 Å². The van der Waals surface area contributed by atoms with Gasteiger partial charge in [0, 0.05) is 6.54 Å². The Balaban J connectivity index is 0.000000963. The summed E-state index contributed by atoms with van der Waals surface area (Å²) < 4.78 is 11.1. The van der Waals surface area contributed by atoms with Gasteiger partial charge in [0.15, 0.2) is 5.58 Å². The predicted octanol–water partition coefficient (Wildman–Crippen LogP) is 1.99. The van der Waals surface area contributed by atoms with Crippen LogP contribution in [-0.2, 0) is 0 Å². The molecule has 5 heteroatoms. The van der Waals surface area contributed by atoms with Crippen LogP contribution in [0.4, 0.5) is 0 Å². The summed E-state index contributed by atoms with van der Waals surface area (Å²) in [6.07, 6.45) is 1.58. The van der Waals surface area contributed by atoms with Crippen LogP contribution in [0.25, 0.3) is 11.1 Å². The molecule has 1 aromatic carbocycles. The van der Waals surface area contributed by atoms with E-state index in [0.29, 0.717) is 6.08 Å². The first-order valence-corrected chi connectivity index (χ1v) is 5.15. The van der Waals surface area contributed by atoms with Gasteiger partial charge in [-0.05, 0) is 25.1 Å². The third-order valence-corrected chi connectivity index (χ3v) is 2.56. The van der Waals surface area contributed by atoms with Crippen molar-refractivity contribution in [3.8, 4) is 6.08 Å². The number of ether oxygens (including phenoxy) is 1. The lowest BCUT2D eigenvalue weighted by Gasteiger charge is -2.06. The second-order valence-electron chi connectivity index (χ2n) is 3.68. The molecule has 1 aliphatic heterocycles. The summed E-state index contributed by atoms with van der Waals surface area (Å²) in [4.78, 5) is 4.26. The summed E-state index contributed by atoms with van der Waals surface area (Å²) in [6, 6.07) is 7.67. The normalized spacial score (nSPS) is 19.6. The zero-order valence-corrected chi connectivity index (χ0v) is 9.50. The molecule has 1 atom stereocenters. The lowest BCUT2D eigenvalue weighted by atomic mass is 10.3. The quantitative estimate of drug-likeness (QED) is 0.872. The zero-order chi connectivity index (χ0) is 10.1. The summed E-state index contributed by atoms with van der Waals surface area (Å²) in [6.45, 7) is 1.88. The van der Waals surface area contributed by atoms with Gasteiger partial charge in [-0.1, -0.05) is 12.1 Å². The molecule has 1 N–H and O–H groups in total. The lowest BCUT2D eigenvalue weighted by molar-refractivity contribution is 0.166. The van der Waals surface area contributed by atoms with Gasteiger partial charge in [-0.3, -0.25) is 0 Å². The van der Waals surface area contributed by atoms with Gasteiger partial charge in [-0.25, -0.2) is 0 Å². The van der Waals surface area contributed by atoms with Gasteiger partial charge < -0.3 is 14.5 Å². The Hall–Kier alpha value is -1.26. The fourth-order valence-corrected chi connectivity index (χ4v) is 1.77. The summed E-state index contributed by atoms with van der Waals surface area (Å²) in [7, 11) is 0. The molecule has 0 unspecified atom stereocenters. The molecule has 1 aromatic heterocycles. The number of benzene rings is 1. The average Bonchev–Trinajstić information content (AvgIpc) is 2.86. The molecule has 16 heavy (non-hydrogen) atoms. The van der Waals surface area contributed by atoms with Crippen LogP contribution in [0.3, 0.4) is 0 Å². The summed E-state index contributed by atoms with van der Waals surface area (Å²) in [5.41, 5.74) is 1.62. The van der Waals surface area contributed by atoms with Crippen LogP contribution in [0.15, 0.2) is 28.7 Å². The van der Waals surface area contributed by atoms with E-state index in [2.05, 4.69) is 10.3 Å². The number of hydrogen-bond acceptors (Lipinski definition) is 4. The van der Waals surface area contributed by atoms with Gasteiger partial charge in [0.1, 0.15) is 11.6 Å². The highest BCUT2D eigenvalue weighted by Gasteiger charge is 2.18. The number of para-hydroxylation sites is 2. The second kappa shape index (κ2) is 4.72. The maximum Gasteiger partial charge on any atom is 0.394 e. The minimum atomic E-state index is 0. The fraction of sp³-hybridized carbons (Fsp3) is 0.364. The topological polar surface area (TPSA) is 47.3 Å². The van der Waals surface area contributed by atoms with Crippen LogP contribution in [0.1, 0.15) is 6.42 Å². The first kappa shape index (κ1) is 11.2. The highest BCUT2D eigenvalue weighted by molar-refractivity contribution is 5.85. The molecule has 3 rings (SSSR count). The van der Waals surface area contributed by atoms with Gasteiger partial charge in [0.2, 0.25) is 0 Å². The summed E-state index contributed by atoms with van der Waals surface area (Å²) in [5.74, 6) is 0. The minimum Gasteiger partial charge on any atom is -0.445 e. The Kier molecular flexibility index (Phi) is 3.31. The van der Waals surface area contributed by atoms with Crippen molar-refractivity contribution >= 4 is 23.5 Å². The lowest BCUT2D eigenvalue weighted by Crippen LogP contribution is -2.19. The highest BCUT2D eigenvalue weighted by atomic mass is 35.5. The van der Waals surface area contributed by atoms with Crippen LogP contribution in [0, 0.1) is 0 Å². The highest BCUT2D eigenvalue weighted by Crippen LogP contribution is 2.21. The van der Waals surface area contributed by atoms with E-state index >= 15 is 0 Å². The third-order valence-electron chi connectivity index (χ3n) is 2.56. The van der Waals surface area contributed by atoms with Crippen molar-refractivity contribution in [2.45, 2.75) is 12.5 Å². The van der Waals surface area contributed by atoms with E-state index in [4.69, 9.17) is 9.15 Å². The predicted molar refractivity (Wildman–Crippen MR) is 63.2 cm³/mol. The van der Waals surface area contributed by atoms with Crippen LogP contribution < -0.4 is 10.1 Å². The Morgan fingerprint density at radius 1 is 1.38 bits per heavy atom. The molecule has 1 saturated heterocycles. The molecule has 0 aliphatic carbocycles. The van der Waals surface area contributed by atoms with Crippen molar-refractivity contribution in [1.82, 2.24) is 10.3 Å². The number of nitrogens with one attached hydrogen (secondary N) is 1. The average molecular weight is 241 g/mol. The van der Waals surface area contributed by atoms with Gasteiger partial charge in [-0.15, -0.1) is 12.4 Å². The monoisotopic (exact) mass is 240 g/mol. The Labute approximate surface area is 99.4 Å². The largest absolute Gasteiger partial charge is 0.445 e. The number of fused-ring (bicyclic) bond motifs is 1. The molecular weight excluding hydrogens is 228 g/mol. The Bertz CT molecular complexity index is 433. The van der Waals surface area contributed by atoms with Crippen LogP contribution >= 0.6 is 12.4 Å². The van der Waals surface area contributed by atoms with E-state index in [-0.39, 0.29) is 18.5 Å². The van der Waals surface area contributed by atoms with Crippen molar-refractivity contribution in [2.75, 3.05) is 13.1 Å². The number of nitrogens with zero attached hydrogens (tertiary/aromatic N) is 1. The first-order valence-electron chi connectivity index (χ1n) is 5.15. The molecule has 0 bridgehead atoms. The molecule has 2 aromatic rings. The zero-order valence-electron chi connectivity index (χ0n) is 8.68. The van der Waals surface area contributed by atoms with Crippen molar-refractivity contribution < 1.29 is 9.15 Å². The fourth-order valence-electron chi connectivity index (χ4n) is 1.77. The van der Waals surface area contributed by atoms with E-state index < -0.39 is 0 Å². The molecule has 0 amide bonds. The van der Waals surface area contributed by atoms with Crippen molar-refractivity contribution in [2.24, 2.45) is 0 Å². The summed E-state index contributed by atoms with van der Waals surface area (Å²) >= 11 is 0. The third kappa shape index (κ3) is 2.13. The molecule has 1 aliphatic rings. The minimum absolute atomic E-state index is 0. The Morgan fingerprint density at radius 2 is 2.25 bits per heavy atom. The number of rotatable bonds is 2. The molecular formula is C11H13ClN2O2. The van der Waals surface area contributed by atoms with Crippen molar-refractivity contribution in [3.63, 3.8) is 0 Å². The molecule has 0 spiro atoms. The van der Waals surface area contributed by atoms with Gasteiger partial charge in [-0.2, -0.15) is 4.98 Å². The molecule has 0 saturated carbocycles. The van der Waals surface area contributed by atoms with Crippen LogP contribution in [-0.4, -0.2) is 24.2 Å². The van der Waals surface area contributed by atoms with Gasteiger partial charge >= 0.3 is 6.08 Å². The summed E-state index contributed by atoms with van der Waals surface area (Å²) in [5, 5.41) is 3.23. The maximum absolute atomic E-state index is 5.62. The maximum atomic E-state index is 5.62. The number of aromatic nitrogens is 1. The van der Waals surface area contributed by atoms with E-state index in [9.17, 15) is 0 Å². The molecule has 4 nitrogen and oxygen atoms in total. The smallest absolute Gasteiger partial charge is 0.394 e. The first-order chi connectivity index (χ1) is 7.42. The molecule has 1 fully saturated rings.